The molecule has 1 aliphatic carbocycles. The van der Waals surface area contributed by atoms with E-state index < -0.39 is 0 Å². The number of fused-ring (bicyclic) bond motifs is 1. The zero-order valence-electron chi connectivity index (χ0n) is 13.8. The molecule has 1 N–H and O–H groups in total. The highest BCUT2D eigenvalue weighted by atomic mass is 35.5. The van der Waals surface area contributed by atoms with E-state index in [0.717, 1.165) is 47.9 Å². The number of anilines is 1. The fourth-order valence-corrected chi connectivity index (χ4v) is 3.56. The van der Waals surface area contributed by atoms with E-state index in [1.165, 1.54) is 5.56 Å². The van der Waals surface area contributed by atoms with Crippen LogP contribution in [0.1, 0.15) is 23.4 Å². The number of pyridine rings is 1. The molecule has 0 aliphatic heterocycles. The molecule has 5 nitrogen and oxygen atoms in total. The Morgan fingerprint density at radius 1 is 1.16 bits per heavy atom. The smallest absolute Gasteiger partial charge is 0.161 e. The van der Waals surface area contributed by atoms with E-state index in [4.69, 9.17) is 33.2 Å². The van der Waals surface area contributed by atoms with E-state index in [1.54, 1.807) is 12.4 Å². The van der Waals surface area contributed by atoms with Crippen LogP contribution in [0.4, 0.5) is 5.82 Å². The van der Waals surface area contributed by atoms with Crippen LogP contribution in [0.15, 0.2) is 30.6 Å². The van der Waals surface area contributed by atoms with Crippen LogP contribution < -0.4 is 5.32 Å². The Morgan fingerprint density at radius 2 is 1.96 bits per heavy atom. The van der Waals surface area contributed by atoms with E-state index in [2.05, 4.69) is 10.3 Å². The van der Waals surface area contributed by atoms with E-state index in [-0.39, 0.29) is 0 Å². The zero-order chi connectivity index (χ0) is 17.4. The lowest BCUT2D eigenvalue weighted by Crippen LogP contribution is -2.09. The van der Waals surface area contributed by atoms with E-state index in [1.807, 2.05) is 29.8 Å². The third kappa shape index (κ3) is 3.10. The van der Waals surface area contributed by atoms with E-state index >= 15 is 0 Å². The summed E-state index contributed by atoms with van der Waals surface area (Å²) >= 11 is 12.3. The predicted octanol–water partition coefficient (Wildman–Crippen LogP) is 4.28. The second-order valence-corrected chi connectivity index (χ2v) is 6.86. The van der Waals surface area contributed by atoms with Crippen LogP contribution in [0.25, 0.3) is 11.4 Å². The van der Waals surface area contributed by atoms with Crippen molar-refractivity contribution in [3.63, 3.8) is 0 Å². The van der Waals surface area contributed by atoms with Crippen LogP contribution >= 0.6 is 23.2 Å². The van der Waals surface area contributed by atoms with Crippen LogP contribution in [0.5, 0.6) is 0 Å². The topological polar surface area (TPSA) is 55.6 Å². The van der Waals surface area contributed by atoms with Crippen molar-refractivity contribution in [1.29, 1.82) is 0 Å². The number of rotatable bonds is 4. The lowest BCUT2D eigenvalue weighted by molar-refractivity contribution is 0.839. The van der Waals surface area contributed by atoms with Gasteiger partial charge in [-0.15, -0.1) is 0 Å². The van der Waals surface area contributed by atoms with Gasteiger partial charge in [0.15, 0.2) is 5.82 Å². The molecule has 7 heteroatoms. The van der Waals surface area contributed by atoms with Crippen molar-refractivity contribution in [3.05, 3.63) is 57.7 Å². The van der Waals surface area contributed by atoms with Crippen LogP contribution in [0.3, 0.4) is 0 Å². The van der Waals surface area contributed by atoms with Gasteiger partial charge in [0.1, 0.15) is 11.0 Å². The Labute approximate surface area is 156 Å². The SMILES string of the molecule is Cn1c(CNc2nc(-c3ccncc3)nc3c2CCC3)cc(Cl)c1Cl. The maximum atomic E-state index is 6.15. The Hall–Kier alpha value is -2.11. The summed E-state index contributed by atoms with van der Waals surface area (Å²) in [4.78, 5) is 13.6. The lowest BCUT2D eigenvalue weighted by atomic mass is 10.2. The minimum absolute atomic E-state index is 0.545. The molecule has 25 heavy (non-hydrogen) atoms. The van der Waals surface area contributed by atoms with Gasteiger partial charge in [-0.25, -0.2) is 9.97 Å². The van der Waals surface area contributed by atoms with Gasteiger partial charge in [-0.1, -0.05) is 23.2 Å². The van der Waals surface area contributed by atoms with Crippen LogP contribution in [-0.2, 0) is 26.4 Å². The number of aryl methyl sites for hydroxylation is 1. The van der Waals surface area contributed by atoms with Crippen molar-refractivity contribution in [1.82, 2.24) is 19.5 Å². The Balaban J connectivity index is 1.67. The molecular formula is C18H17Cl2N5. The fourth-order valence-electron chi connectivity index (χ4n) is 3.14. The molecule has 0 amide bonds. The molecule has 0 saturated carbocycles. The average molecular weight is 374 g/mol. The zero-order valence-corrected chi connectivity index (χ0v) is 15.3. The molecule has 1 aliphatic rings. The van der Waals surface area contributed by atoms with Gasteiger partial charge in [0, 0.05) is 42.0 Å². The summed E-state index contributed by atoms with van der Waals surface area (Å²) < 4.78 is 1.88. The van der Waals surface area contributed by atoms with Crippen LogP contribution in [0.2, 0.25) is 10.2 Å². The number of aromatic nitrogens is 4. The molecule has 0 atom stereocenters. The second kappa shape index (κ2) is 6.65. The molecule has 3 aromatic heterocycles. The standard InChI is InChI=1S/C18H17Cl2N5/c1-25-12(9-14(19)16(25)20)10-22-18-13-3-2-4-15(13)23-17(24-18)11-5-7-21-8-6-11/h5-9H,2-4,10H2,1H3,(H,22,23,24). The summed E-state index contributed by atoms with van der Waals surface area (Å²) in [6.45, 7) is 0.599. The van der Waals surface area contributed by atoms with Crippen molar-refractivity contribution in [2.45, 2.75) is 25.8 Å². The van der Waals surface area contributed by atoms with Crippen molar-refractivity contribution in [2.24, 2.45) is 7.05 Å². The summed E-state index contributed by atoms with van der Waals surface area (Å²) in [5.41, 5.74) is 4.32. The molecule has 0 radical (unpaired) electrons. The first-order valence-corrected chi connectivity index (χ1v) is 8.92. The van der Waals surface area contributed by atoms with Gasteiger partial charge in [0.2, 0.25) is 0 Å². The fraction of sp³-hybridized carbons (Fsp3) is 0.278. The Bertz CT molecular complexity index is 921. The molecular weight excluding hydrogens is 357 g/mol. The Morgan fingerprint density at radius 3 is 2.68 bits per heavy atom. The number of halogens is 2. The summed E-state index contributed by atoms with van der Waals surface area (Å²) in [6, 6.07) is 5.73. The number of nitrogens with zero attached hydrogens (tertiary/aromatic N) is 4. The van der Waals surface area contributed by atoms with E-state index in [0.29, 0.717) is 16.7 Å². The Kier molecular flexibility index (Phi) is 4.36. The first kappa shape index (κ1) is 16.4. The largest absolute Gasteiger partial charge is 0.364 e. The van der Waals surface area contributed by atoms with E-state index in [9.17, 15) is 0 Å². The molecule has 3 aromatic rings. The summed E-state index contributed by atoms with van der Waals surface area (Å²) in [5, 5.41) is 4.55. The highest BCUT2D eigenvalue weighted by Crippen LogP contribution is 2.30. The van der Waals surface area contributed by atoms with Crippen LogP contribution in [0, 0.1) is 0 Å². The quantitative estimate of drug-likeness (QED) is 0.741. The molecule has 0 aromatic carbocycles. The van der Waals surface area contributed by atoms with Crippen molar-refractivity contribution >= 4 is 29.0 Å². The molecule has 0 saturated heterocycles. The van der Waals surface area contributed by atoms with Gasteiger partial charge in [-0.3, -0.25) is 4.98 Å². The molecule has 0 fully saturated rings. The second-order valence-electron chi connectivity index (χ2n) is 6.10. The van der Waals surface area contributed by atoms with Gasteiger partial charge in [-0.2, -0.15) is 0 Å². The predicted molar refractivity (Wildman–Crippen MR) is 100 cm³/mol. The summed E-state index contributed by atoms with van der Waals surface area (Å²) in [5.74, 6) is 1.62. The molecule has 0 bridgehead atoms. The molecule has 3 heterocycles. The van der Waals surface area contributed by atoms with Gasteiger partial charge >= 0.3 is 0 Å². The minimum atomic E-state index is 0.545. The first-order valence-electron chi connectivity index (χ1n) is 8.17. The number of nitrogens with one attached hydrogen (secondary N) is 1. The summed E-state index contributed by atoms with van der Waals surface area (Å²) in [6.07, 6.45) is 6.62. The van der Waals surface area contributed by atoms with Gasteiger partial charge in [-0.05, 0) is 37.5 Å². The van der Waals surface area contributed by atoms with Gasteiger partial charge in [0.05, 0.1) is 11.6 Å². The molecule has 128 valence electrons. The third-order valence-corrected chi connectivity index (χ3v) is 5.37. The van der Waals surface area contributed by atoms with Crippen molar-refractivity contribution < 1.29 is 0 Å². The third-order valence-electron chi connectivity index (χ3n) is 4.52. The van der Waals surface area contributed by atoms with Gasteiger partial charge < -0.3 is 9.88 Å². The average Bonchev–Trinajstić information content (AvgIpc) is 3.21. The van der Waals surface area contributed by atoms with Gasteiger partial charge in [0.25, 0.3) is 0 Å². The molecule has 0 unspecified atom stereocenters. The first-order chi connectivity index (χ1) is 12.1. The number of hydrogen-bond acceptors (Lipinski definition) is 4. The lowest BCUT2D eigenvalue weighted by Gasteiger charge is -2.13. The highest BCUT2D eigenvalue weighted by molar-refractivity contribution is 6.41. The number of hydrogen-bond donors (Lipinski definition) is 1. The monoisotopic (exact) mass is 373 g/mol. The molecule has 4 rings (SSSR count). The maximum absolute atomic E-state index is 6.15. The molecule has 0 spiro atoms. The van der Waals surface area contributed by atoms with Crippen LogP contribution in [-0.4, -0.2) is 19.5 Å². The highest BCUT2D eigenvalue weighted by Gasteiger charge is 2.20. The van der Waals surface area contributed by atoms with Crippen molar-refractivity contribution in [3.8, 4) is 11.4 Å². The van der Waals surface area contributed by atoms with Crippen molar-refractivity contribution in [2.75, 3.05) is 5.32 Å². The summed E-state index contributed by atoms with van der Waals surface area (Å²) in [7, 11) is 1.90. The normalized spacial score (nSPS) is 13.1. The minimum Gasteiger partial charge on any atom is -0.364 e. The maximum Gasteiger partial charge on any atom is 0.161 e.